The molecule has 33 heavy (non-hydrogen) atoms. The summed E-state index contributed by atoms with van der Waals surface area (Å²) in [7, 11) is 0. The van der Waals surface area contributed by atoms with Gasteiger partial charge in [0.2, 0.25) is 17.8 Å². The molecule has 6 aromatic rings. The molecule has 0 unspecified atom stereocenters. The van der Waals surface area contributed by atoms with Gasteiger partial charge in [-0.25, -0.2) is 29.9 Å². The van der Waals surface area contributed by atoms with Crippen LogP contribution in [0.3, 0.4) is 0 Å². The van der Waals surface area contributed by atoms with Crippen molar-refractivity contribution >= 4 is 88.0 Å². The van der Waals surface area contributed by atoms with Crippen molar-refractivity contribution in [2.45, 2.75) is 0 Å². The predicted molar refractivity (Wildman–Crippen MR) is 130 cm³/mol. The van der Waals surface area contributed by atoms with Crippen LogP contribution in [-0.4, -0.2) is 59.8 Å². The van der Waals surface area contributed by atoms with Gasteiger partial charge in [0.15, 0.2) is 30.9 Å². The molecule has 0 amide bonds. The lowest BCUT2D eigenvalue weighted by atomic mass is 10.6. The Hall–Kier alpha value is -4.29. The molecule has 168 valence electrons. The minimum absolute atomic E-state index is 0.287. The molecule has 0 fully saturated rings. The molecule has 0 aromatic carbocycles. The molecule has 6 heterocycles. The molecule has 0 aliphatic rings. The third-order valence-electron chi connectivity index (χ3n) is 3.97. The van der Waals surface area contributed by atoms with E-state index in [-0.39, 0.29) is 17.8 Å². The first kappa shape index (κ1) is 21.9. The molecule has 0 atom stereocenters. The summed E-state index contributed by atoms with van der Waals surface area (Å²) in [6, 6.07) is 0. The number of hydrogen-bond donors (Lipinski definition) is 9. The summed E-state index contributed by atoms with van der Waals surface area (Å²) in [4.78, 5) is 40.2. The van der Waals surface area contributed by atoms with Crippen molar-refractivity contribution in [1.29, 1.82) is 0 Å². The molecule has 6 aromatic heterocycles. The van der Waals surface area contributed by atoms with E-state index in [9.17, 15) is 0 Å². The summed E-state index contributed by atoms with van der Waals surface area (Å²) in [6.45, 7) is 0. The summed E-state index contributed by atoms with van der Waals surface area (Å²) in [5.74, 6) is 0.860. The number of fused-ring (bicyclic) bond motifs is 3. The monoisotopic (exact) mass is 501 g/mol. The highest BCUT2D eigenvalue weighted by atomic mass is 32.1. The number of nitrogens with one attached hydrogen (secondary N) is 6. The van der Waals surface area contributed by atoms with Crippen molar-refractivity contribution in [3.8, 4) is 0 Å². The Balaban J connectivity index is 0.000000118. The van der Waals surface area contributed by atoms with Gasteiger partial charge in [-0.2, -0.15) is 0 Å². The summed E-state index contributed by atoms with van der Waals surface area (Å²) < 4.78 is 1.32. The van der Waals surface area contributed by atoms with E-state index in [1.807, 2.05) is 0 Å². The Morgan fingerprint density at radius 2 is 0.788 bits per heavy atom. The van der Waals surface area contributed by atoms with Gasteiger partial charge in [-0.15, -0.1) is 0 Å². The smallest absolute Gasteiger partial charge is 0.200 e. The van der Waals surface area contributed by atoms with Crippen LogP contribution in [0.1, 0.15) is 0 Å². The van der Waals surface area contributed by atoms with E-state index in [0.29, 0.717) is 47.4 Å². The number of aromatic nitrogens is 12. The molecule has 0 saturated carbocycles. The van der Waals surface area contributed by atoms with Crippen LogP contribution in [0.15, 0.2) is 19.0 Å². The number of anilines is 3. The van der Waals surface area contributed by atoms with E-state index in [1.165, 1.54) is 19.0 Å². The second-order valence-corrected chi connectivity index (χ2v) is 7.32. The summed E-state index contributed by atoms with van der Waals surface area (Å²) in [6.07, 6.45) is 4.62. The Labute approximate surface area is 197 Å². The van der Waals surface area contributed by atoms with Crippen LogP contribution in [-0.2, 0) is 0 Å². The van der Waals surface area contributed by atoms with Crippen molar-refractivity contribution in [2.75, 3.05) is 17.2 Å². The van der Waals surface area contributed by atoms with Crippen LogP contribution in [0.4, 0.5) is 17.8 Å². The minimum Gasteiger partial charge on any atom is -0.369 e. The SMILES string of the molecule is Nc1nc(=S)c2[nH]cnc2[nH]1.Nc1nc(=S)c2[nH]cnc2[nH]1.Nc1nc(=S)c2[nH]cnc2[nH]1. The Morgan fingerprint density at radius 3 is 1.06 bits per heavy atom. The minimum atomic E-state index is 0.287. The normalized spacial score (nSPS) is 10.5. The fraction of sp³-hybridized carbons (Fsp3) is 0. The zero-order valence-electron chi connectivity index (χ0n) is 16.4. The molecule has 12 N–H and O–H groups in total. The summed E-state index contributed by atoms with van der Waals surface area (Å²) in [5, 5.41) is 0. The lowest BCUT2D eigenvalue weighted by Gasteiger charge is -1.91. The van der Waals surface area contributed by atoms with Gasteiger partial charge in [-0.3, -0.25) is 0 Å². The average molecular weight is 502 g/mol. The number of aromatic amines is 6. The van der Waals surface area contributed by atoms with Gasteiger partial charge in [0.1, 0.15) is 16.6 Å². The second kappa shape index (κ2) is 9.06. The molecule has 18 heteroatoms. The van der Waals surface area contributed by atoms with Gasteiger partial charge in [0.25, 0.3) is 0 Å². The number of H-pyrrole nitrogens is 6. The van der Waals surface area contributed by atoms with E-state index in [1.54, 1.807) is 0 Å². The zero-order chi connectivity index (χ0) is 23.5. The highest BCUT2D eigenvalue weighted by Crippen LogP contribution is 2.08. The lowest BCUT2D eigenvalue weighted by molar-refractivity contribution is 1.20. The Kier molecular flexibility index (Phi) is 6.02. The van der Waals surface area contributed by atoms with E-state index < -0.39 is 0 Å². The maximum atomic E-state index is 5.40. The van der Waals surface area contributed by atoms with E-state index in [2.05, 4.69) is 59.8 Å². The fourth-order valence-electron chi connectivity index (χ4n) is 2.60. The van der Waals surface area contributed by atoms with Crippen molar-refractivity contribution in [2.24, 2.45) is 0 Å². The van der Waals surface area contributed by atoms with Crippen LogP contribution in [0.5, 0.6) is 0 Å². The van der Waals surface area contributed by atoms with Crippen molar-refractivity contribution in [3.05, 3.63) is 32.9 Å². The van der Waals surface area contributed by atoms with Gasteiger partial charge in [0.05, 0.1) is 19.0 Å². The maximum Gasteiger partial charge on any atom is 0.200 e. The van der Waals surface area contributed by atoms with Crippen molar-refractivity contribution in [1.82, 2.24) is 59.8 Å². The molecular formula is C15H15N15S3. The van der Waals surface area contributed by atoms with Gasteiger partial charge in [-0.1, -0.05) is 36.7 Å². The molecule has 0 radical (unpaired) electrons. The molecule has 6 rings (SSSR count). The van der Waals surface area contributed by atoms with Gasteiger partial charge >= 0.3 is 0 Å². The Bertz CT molecular complexity index is 1530. The van der Waals surface area contributed by atoms with Crippen molar-refractivity contribution < 1.29 is 0 Å². The highest BCUT2D eigenvalue weighted by molar-refractivity contribution is 7.72. The van der Waals surface area contributed by atoms with Crippen LogP contribution >= 0.6 is 36.7 Å². The van der Waals surface area contributed by atoms with Crippen LogP contribution in [0.25, 0.3) is 33.5 Å². The number of rotatable bonds is 0. The van der Waals surface area contributed by atoms with Gasteiger partial charge in [-0.05, 0) is 0 Å². The molecule has 0 saturated heterocycles. The first-order chi connectivity index (χ1) is 15.8. The van der Waals surface area contributed by atoms with Crippen LogP contribution < -0.4 is 17.2 Å². The Morgan fingerprint density at radius 1 is 0.515 bits per heavy atom. The van der Waals surface area contributed by atoms with Crippen LogP contribution in [0, 0.1) is 13.9 Å². The summed E-state index contributed by atoms with van der Waals surface area (Å²) in [5.41, 5.74) is 20.3. The molecular weight excluding hydrogens is 486 g/mol. The third-order valence-corrected chi connectivity index (χ3v) is 4.85. The number of nitrogens with zero attached hydrogens (tertiary/aromatic N) is 6. The van der Waals surface area contributed by atoms with Crippen molar-refractivity contribution in [3.63, 3.8) is 0 Å². The number of hydrogen-bond acceptors (Lipinski definition) is 12. The quantitative estimate of drug-likeness (QED) is 0.135. The first-order valence-electron chi connectivity index (χ1n) is 8.88. The molecule has 15 nitrogen and oxygen atoms in total. The maximum absolute atomic E-state index is 5.40. The molecule has 0 spiro atoms. The summed E-state index contributed by atoms with van der Waals surface area (Å²) >= 11 is 14.7. The lowest BCUT2D eigenvalue weighted by Crippen LogP contribution is -1.94. The predicted octanol–water partition coefficient (Wildman–Crippen LogP) is 1.79. The number of imidazole rings is 3. The van der Waals surface area contributed by atoms with Crippen LogP contribution in [0.2, 0.25) is 0 Å². The number of nitrogens with two attached hydrogens (primary N) is 3. The van der Waals surface area contributed by atoms with E-state index in [0.717, 1.165) is 0 Å². The zero-order valence-corrected chi connectivity index (χ0v) is 18.8. The topological polar surface area (TPSA) is 250 Å². The molecule has 0 aliphatic carbocycles. The molecule has 0 bridgehead atoms. The van der Waals surface area contributed by atoms with Gasteiger partial charge in [0, 0.05) is 0 Å². The third kappa shape index (κ3) is 4.81. The molecule has 0 aliphatic heterocycles. The highest BCUT2D eigenvalue weighted by Gasteiger charge is 2.00. The second-order valence-electron chi connectivity index (χ2n) is 6.16. The van der Waals surface area contributed by atoms with E-state index in [4.69, 9.17) is 53.9 Å². The van der Waals surface area contributed by atoms with Gasteiger partial charge < -0.3 is 47.1 Å². The first-order valence-corrected chi connectivity index (χ1v) is 10.1. The average Bonchev–Trinajstić information content (AvgIpc) is 3.48. The van der Waals surface area contributed by atoms with E-state index >= 15 is 0 Å². The fourth-order valence-corrected chi connectivity index (χ4v) is 3.36. The number of nitrogen functional groups attached to an aromatic ring is 3. The standard InChI is InChI=1S/3C5H5N5S/c3*6-5-9-3-2(4(11)10-5)7-1-8-3/h3*1H,(H4,6,7,8,9,10,11). The largest absolute Gasteiger partial charge is 0.369 e.